The van der Waals surface area contributed by atoms with Crippen LogP contribution in [0.1, 0.15) is 25.3 Å². The fraction of sp³-hybridized carbons (Fsp3) is 0.750. The number of rotatable bonds is 4. The van der Waals surface area contributed by atoms with Crippen LogP contribution >= 0.6 is 0 Å². The van der Waals surface area contributed by atoms with E-state index in [1.165, 1.54) is 5.56 Å². The molecule has 2 heterocycles. The quantitative estimate of drug-likeness (QED) is 0.785. The van der Waals surface area contributed by atoms with E-state index in [9.17, 15) is 0 Å². The van der Waals surface area contributed by atoms with Gasteiger partial charge in [0.1, 0.15) is 0 Å². The third-order valence-electron chi connectivity index (χ3n) is 3.46. The van der Waals surface area contributed by atoms with Gasteiger partial charge in [0.15, 0.2) is 0 Å². The fourth-order valence-corrected chi connectivity index (χ4v) is 2.44. The first kappa shape index (κ1) is 12.5. The van der Waals surface area contributed by atoms with E-state index >= 15 is 0 Å². The Hall–Kier alpha value is -0.910. The van der Waals surface area contributed by atoms with Gasteiger partial charge in [-0.15, -0.1) is 0 Å². The molecule has 0 aromatic carbocycles. The summed E-state index contributed by atoms with van der Waals surface area (Å²) in [7, 11) is 0. The van der Waals surface area contributed by atoms with Gasteiger partial charge in [-0.05, 0) is 19.8 Å². The van der Waals surface area contributed by atoms with Crippen LogP contribution in [0.2, 0.25) is 0 Å². The topological polar surface area (TPSA) is 67.3 Å². The number of hydrogen-bond donors (Lipinski definition) is 2. The minimum atomic E-state index is 0.135. The third-order valence-corrected chi connectivity index (χ3v) is 3.46. The van der Waals surface area contributed by atoms with Crippen molar-refractivity contribution in [2.45, 2.75) is 44.9 Å². The lowest BCUT2D eigenvalue weighted by Gasteiger charge is -2.36. The van der Waals surface area contributed by atoms with Gasteiger partial charge < -0.3 is 10.8 Å². The normalized spacial score (nSPS) is 26.3. The van der Waals surface area contributed by atoms with Gasteiger partial charge in [0.25, 0.3) is 0 Å². The van der Waals surface area contributed by atoms with Crippen molar-refractivity contribution in [2.24, 2.45) is 5.73 Å². The molecule has 1 aromatic rings. The van der Waals surface area contributed by atoms with Gasteiger partial charge in [-0.1, -0.05) is 0 Å². The van der Waals surface area contributed by atoms with Gasteiger partial charge in [0.05, 0.1) is 19.3 Å². The summed E-state index contributed by atoms with van der Waals surface area (Å²) < 4.78 is 1.79. The molecule has 0 bridgehead atoms. The second-order valence-electron chi connectivity index (χ2n) is 4.94. The molecule has 17 heavy (non-hydrogen) atoms. The van der Waals surface area contributed by atoms with Crippen LogP contribution in [0.4, 0.5) is 0 Å². The second kappa shape index (κ2) is 5.62. The molecule has 2 unspecified atom stereocenters. The summed E-state index contributed by atoms with van der Waals surface area (Å²) >= 11 is 0. The predicted octanol–water partition coefficient (Wildman–Crippen LogP) is 0.187. The number of aromatic nitrogens is 2. The number of aliphatic hydroxyl groups excluding tert-OH is 1. The molecule has 2 rings (SSSR count). The van der Waals surface area contributed by atoms with Crippen molar-refractivity contribution in [2.75, 3.05) is 13.2 Å². The lowest BCUT2D eigenvalue weighted by Crippen LogP contribution is -2.44. The van der Waals surface area contributed by atoms with Crippen LogP contribution in [0.25, 0.3) is 0 Å². The van der Waals surface area contributed by atoms with Crippen LogP contribution in [0.3, 0.4) is 0 Å². The van der Waals surface area contributed by atoms with Crippen molar-refractivity contribution in [1.29, 1.82) is 0 Å². The molecule has 2 atom stereocenters. The number of likely N-dealkylation sites (tertiary alicyclic amines) is 1. The summed E-state index contributed by atoms with van der Waals surface area (Å²) in [4.78, 5) is 2.45. The zero-order valence-electron chi connectivity index (χ0n) is 10.4. The van der Waals surface area contributed by atoms with Crippen molar-refractivity contribution >= 4 is 0 Å². The Morgan fingerprint density at radius 3 is 3.12 bits per heavy atom. The molecule has 0 aliphatic carbocycles. The Bertz CT molecular complexity index is 352. The van der Waals surface area contributed by atoms with E-state index < -0.39 is 0 Å². The first-order chi connectivity index (χ1) is 8.19. The molecule has 0 spiro atoms. The minimum absolute atomic E-state index is 0.135. The molecular weight excluding hydrogens is 216 g/mol. The number of hydrogen-bond acceptors (Lipinski definition) is 4. The molecule has 5 heteroatoms. The predicted molar refractivity (Wildman–Crippen MR) is 66.4 cm³/mol. The van der Waals surface area contributed by atoms with E-state index in [1.54, 1.807) is 4.68 Å². The molecule has 5 nitrogen and oxygen atoms in total. The van der Waals surface area contributed by atoms with Crippen LogP contribution in [0.5, 0.6) is 0 Å². The number of nitrogens with zero attached hydrogens (tertiary/aromatic N) is 3. The molecule has 1 aromatic heterocycles. The zero-order valence-corrected chi connectivity index (χ0v) is 10.4. The van der Waals surface area contributed by atoms with Gasteiger partial charge in [-0.25, -0.2) is 0 Å². The van der Waals surface area contributed by atoms with E-state index in [0.29, 0.717) is 18.6 Å². The Balaban J connectivity index is 1.91. The third kappa shape index (κ3) is 3.28. The van der Waals surface area contributed by atoms with Crippen LogP contribution in [0.15, 0.2) is 12.4 Å². The van der Waals surface area contributed by atoms with Gasteiger partial charge in [-0.3, -0.25) is 9.58 Å². The maximum Gasteiger partial charge on any atom is 0.0640 e. The van der Waals surface area contributed by atoms with Gasteiger partial charge >= 0.3 is 0 Å². The van der Waals surface area contributed by atoms with Crippen LogP contribution in [-0.4, -0.2) is 45.0 Å². The molecule has 1 fully saturated rings. The zero-order chi connectivity index (χ0) is 12.3. The average Bonchev–Trinajstić information content (AvgIpc) is 2.71. The molecule has 1 aliphatic heterocycles. The highest BCUT2D eigenvalue weighted by Crippen LogP contribution is 2.18. The standard InChI is InChI=1S/C12H22N4O/c1-10-6-12(13)2-3-15(10)8-11-7-14-16(9-11)4-5-17/h7,9-10,12,17H,2-6,8,13H2,1H3. The largest absolute Gasteiger partial charge is 0.394 e. The molecule has 1 saturated heterocycles. The Labute approximate surface area is 102 Å². The van der Waals surface area contributed by atoms with E-state index in [2.05, 4.69) is 16.9 Å². The van der Waals surface area contributed by atoms with Gasteiger partial charge in [0.2, 0.25) is 0 Å². The summed E-state index contributed by atoms with van der Waals surface area (Å²) in [6, 6.07) is 0.901. The second-order valence-corrected chi connectivity index (χ2v) is 4.94. The first-order valence-corrected chi connectivity index (χ1v) is 6.31. The van der Waals surface area contributed by atoms with Crippen molar-refractivity contribution in [1.82, 2.24) is 14.7 Å². The van der Waals surface area contributed by atoms with Gasteiger partial charge in [0, 0.05) is 36.9 Å². The highest BCUT2D eigenvalue weighted by molar-refractivity contribution is 5.04. The summed E-state index contributed by atoms with van der Waals surface area (Å²) in [6.45, 7) is 4.93. The number of piperidine rings is 1. The Morgan fingerprint density at radius 2 is 2.41 bits per heavy atom. The summed E-state index contributed by atoms with van der Waals surface area (Å²) in [5.74, 6) is 0. The smallest absolute Gasteiger partial charge is 0.0640 e. The van der Waals surface area contributed by atoms with Crippen LogP contribution < -0.4 is 5.73 Å². The van der Waals surface area contributed by atoms with Crippen molar-refractivity contribution in [3.63, 3.8) is 0 Å². The van der Waals surface area contributed by atoms with E-state index in [-0.39, 0.29) is 6.61 Å². The molecule has 0 radical (unpaired) electrons. The molecule has 1 aliphatic rings. The van der Waals surface area contributed by atoms with Crippen LogP contribution in [0, 0.1) is 0 Å². The highest BCUT2D eigenvalue weighted by atomic mass is 16.3. The van der Waals surface area contributed by atoms with E-state index in [4.69, 9.17) is 10.8 Å². The maximum atomic E-state index is 8.84. The first-order valence-electron chi connectivity index (χ1n) is 6.31. The Morgan fingerprint density at radius 1 is 1.59 bits per heavy atom. The highest BCUT2D eigenvalue weighted by Gasteiger charge is 2.23. The van der Waals surface area contributed by atoms with Crippen molar-refractivity contribution in [3.8, 4) is 0 Å². The monoisotopic (exact) mass is 238 g/mol. The van der Waals surface area contributed by atoms with Gasteiger partial charge in [-0.2, -0.15) is 5.10 Å². The van der Waals surface area contributed by atoms with Crippen molar-refractivity contribution < 1.29 is 5.11 Å². The molecule has 3 N–H and O–H groups in total. The average molecular weight is 238 g/mol. The van der Waals surface area contributed by atoms with E-state index in [1.807, 2.05) is 12.4 Å². The summed E-state index contributed by atoms with van der Waals surface area (Å²) in [6.07, 6.45) is 6.05. The molecule has 0 saturated carbocycles. The molecule has 0 amide bonds. The lowest BCUT2D eigenvalue weighted by atomic mass is 9.99. The lowest BCUT2D eigenvalue weighted by molar-refractivity contribution is 0.140. The summed E-state index contributed by atoms with van der Waals surface area (Å²) in [5.41, 5.74) is 7.16. The molecule has 96 valence electrons. The van der Waals surface area contributed by atoms with E-state index in [0.717, 1.165) is 25.9 Å². The Kier molecular flexibility index (Phi) is 4.15. The number of nitrogens with two attached hydrogens (primary N) is 1. The molecular formula is C12H22N4O. The number of aliphatic hydroxyl groups is 1. The van der Waals surface area contributed by atoms with Crippen molar-refractivity contribution in [3.05, 3.63) is 18.0 Å². The SMILES string of the molecule is CC1CC(N)CCN1Cc1cnn(CCO)c1. The maximum absolute atomic E-state index is 8.84. The fourth-order valence-electron chi connectivity index (χ4n) is 2.44. The summed E-state index contributed by atoms with van der Waals surface area (Å²) in [5, 5.41) is 13.1. The minimum Gasteiger partial charge on any atom is -0.394 e. The van der Waals surface area contributed by atoms with Crippen LogP contribution in [-0.2, 0) is 13.1 Å².